The normalized spacial score (nSPS) is 19.0. The number of nitrogens with one attached hydrogen (secondary N) is 2. The largest absolute Gasteiger partial charge is 0.454 e. The lowest BCUT2D eigenvalue weighted by atomic mass is 9.93. The van der Waals surface area contributed by atoms with E-state index in [1.54, 1.807) is 18.2 Å². The molecule has 7 heteroatoms. The maximum Gasteiger partial charge on any atom is 0.191 e. The van der Waals surface area contributed by atoms with Crippen molar-refractivity contribution in [3.63, 3.8) is 0 Å². The van der Waals surface area contributed by atoms with Crippen LogP contribution in [0.3, 0.4) is 0 Å². The second-order valence-corrected chi connectivity index (χ2v) is 7.34. The molecule has 3 rings (SSSR count). The maximum absolute atomic E-state index is 14.4. The second kappa shape index (κ2) is 12.7. The van der Waals surface area contributed by atoms with E-state index in [9.17, 15) is 9.50 Å². The van der Waals surface area contributed by atoms with Gasteiger partial charge in [0.1, 0.15) is 5.75 Å². The monoisotopic (exact) mass is 527 g/mol. The van der Waals surface area contributed by atoms with Crippen LogP contribution in [-0.2, 0) is 6.42 Å². The molecule has 3 N–H and O–H groups in total. The van der Waals surface area contributed by atoms with Crippen LogP contribution in [0.25, 0.3) is 0 Å². The van der Waals surface area contributed by atoms with E-state index < -0.39 is 0 Å². The van der Waals surface area contributed by atoms with Crippen LogP contribution < -0.4 is 15.4 Å². The highest BCUT2D eigenvalue weighted by Crippen LogP contribution is 2.25. The SMILES string of the molecule is CCNC(=NCCc1ccc(Oc2ccccc2)c(F)c1)NC1CCC(O)CC1.I. The fourth-order valence-electron chi connectivity index (χ4n) is 3.43. The Hall–Kier alpha value is -1.87. The molecule has 0 saturated heterocycles. The highest BCUT2D eigenvalue weighted by atomic mass is 127. The predicted octanol–water partition coefficient (Wildman–Crippen LogP) is 4.64. The zero-order valence-corrected chi connectivity index (χ0v) is 19.6. The Kier molecular flexibility index (Phi) is 10.4. The van der Waals surface area contributed by atoms with Crippen molar-refractivity contribution in [2.45, 2.75) is 51.2 Å². The van der Waals surface area contributed by atoms with Crippen molar-refractivity contribution in [2.75, 3.05) is 13.1 Å². The molecule has 2 aromatic carbocycles. The quantitative estimate of drug-likeness (QED) is 0.279. The van der Waals surface area contributed by atoms with E-state index in [4.69, 9.17) is 4.74 Å². The summed E-state index contributed by atoms with van der Waals surface area (Å²) in [7, 11) is 0. The lowest BCUT2D eigenvalue weighted by Gasteiger charge is -2.27. The zero-order valence-electron chi connectivity index (χ0n) is 17.3. The molecule has 0 bridgehead atoms. The van der Waals surface area contributed by atoms with Crippen LogP contribution in [0.15, 0.2) is 53.5 Å². The first-order chi connectivity index (χ1) is 14.1. The van der Waals surface area contributed by atoms with Gasteiger partial charge in [-0.05, 0) is 68.9 Å². The van der Waals surface area contributed by atoms with Gasteiger partial charge in [0, 0.05) is 19.1 Å². The van der Waals surface area contributed by atoms with Crippen LogP contribution in [0.5, 0.6) is 11.5 Å². The van der Waals surface area contributed by atoms with Crippen LogP contribution in [-0.4, -0.2) is 36.3 Å². The van der Waals surface area contributed by atoms with Gasteiger partial charge in [-0.2, -0.15) is 0 Å². The van der Waals surface area contributed by atoms with Gasteiger partial charge in [-0.1, -0.05) is 24.3 Å². The average Bonchev–Trinajstić information content (AvgIpc) is 2.72. The van der Waals surface area contributed by atoms with Gasteiger partial charge in [-0.3, -0.25) is 4.99 Å². The topological polar surface area (TPSA) is 65.9 Å². The molecule has 0 atom stereocenters. The molecule has 0 unspecified atom stereocenters. The number of hydrogen-bond donors (Lipinski definition) is 3. The predicted molar refractivity (Wildman–Crippen MR) is 129 cm³/mol. The Morgan fingerprint density at radius 2 is 1.87 bits per heavy atom. The summed E-state index contributed by atoms with van der Waals surface area (Å²) in [5.41, 5.74) is 0.878. The lowest BCUT2D eigenvalue weighted by molar-refractivity contribution is 0.120. The van der Waals surface area contributed by atoms with Crippen LogP contribution in [0, 0.1) is 5.82 Å². The van der Waals surface area contributed by atoms with Crippen LogP contribution in [0.2, 0.25) is 0 Å². The number of guanidine groups is 1. The van der Waals surface area contributed by atoms with Crippen molar-refractivity contribution >= 4 is 29.9 Å². The molecule has 0 radical (unpaired) electrons. The van der Waals surface area contributed by atoms with E-state index in [-0.39, 0.29) is 41.6 Å². The minimum absolute atomic E-state index is 0. The van der Waals surface area contributed by atoms with E-state index in [0.29, 0.717) is 24.8 Å². The van der Waals surface area contributed by atoms with Crippen molar-refractivity contribution in [2.24, 2.45) is 4.99 Å². The van der Waals surface area contributed by atoms with Crippen molar-refractivity contribution in [3.8, 4) is 11.5 Å². The fourth-order valence-corrected chi connectivity index (χ4v) is 3.43. The van der Waals surface area contributed by atoms with Gasteiger partial charge in [0.25, 0.3) is 0 Å². The molecule has 0 aliphatic heterocycles. The third-order valence-corrected chi connectivity index (χ3v) is 5.02. The summed E-state index contributed by atoms with van der Waals surface area (Å²) < 4.78 is 20.0. The zero-order chi connectivity index (χ0) is 20.5. The van der Waals surface area contributed by atoms with Crippen LogP contribution in [0.4, 0.5) is 4.39 Å². The number of aliphatic imine (C=N–C) groups is 1. The summed E-state index contributed by atoms with van der Waals surface area (Å²) in [5, 5.41) is 16.3. The van der Waals surface area contributed by atoms with E-state index in [1.807, 2.05) is 31.2 Å². The van der Waals surface area contributed by atoms with E-state index in [2.05, 4.69) is 15.6 Å². The number of rotatable bonds is 7. The second-order valence-electron chi connectivity index (χ2n) is 7.34. The highest BCUT2D eigenvalue weighted by molar-refractivity contribution is 14.0. The molecule has 1 fully saturated rings. The third kappa shape index (κ3) is 7.75. The summed E-state index contributed by atoms with van der Waals surface area (Å²) in [4.78, 5) is 4.62. The van der Waals surface area contributed by atoms with Gasteiger partial charge in [0.15, 0.2) is 17.5 Å². The number of para-hydroxylation sites is 1. The average molecular weight is 527 g/mol. The third-order valence-electron chi connectivity index (χ3n) is 5.02. The molecule has 0 heterocycles. The van der Waals surface area contributed by atoms with Crippen molar-refractivity contribution < 1.29 is 14.2 Å². The number of ether oxygens (including phenoxy) is 1. The summed E-state index contributed by atoms with van der Waals surface area (Å²) in [6.45, 7) is 3.37. The summed E-state index contributed by atoms with van der Waals surface area (Å²) >= 11 is 0. The number of halogens is 2. The van der Waals surface area contributed by atoms with E-state index in [1.165, 1.54) is 6.07 Å². The molecule has 1 aliphatic carbocycles. The lowest BCUT2D eigenvalue weighted by Crippen LogP contribution is -2.45. The Labute approximate surface area is 195 Å². The van der Waals surface area contributed by atoms with Gasteiger partial charge >= 0.3 is 0 Å². The first-order valence-electron chi connectivity index (χ1n) is 10.4. The Bertz CT molecular complexity index is 796. The number of aliphatic hydroxyl groups excluding tert-OH is 1. The number of benzene rings is 2. The molecule has 164 valence electrons. The van der Waals surface area contributed by atoms with E-state index in [0.717, 1.165) is 43.8 Å². The van der Waals surface area contributed by atoms with Crippen molar-refractivity contribution in [1.29, 1.82) is 0 Å². The smallest absolute Gasteiger partial charge is 0.191 e. The Morgan fingerprint density at radius 1 is 1.13 bits per heavy atom. The van der Waals surface area contributed by atoms with Gasteiger partial charge in [0.2, 0.25) is 0 Å². The number of aliphatic hydroxyl groups is 1. The first-order valence-corrected chi connectivity index (χ1v) is 10.4. The maximum atomic E-state index is 14.4. The van der Waals surface area contributed by atoms with Gasteiger partial charge in [0.05, 0.1) is 6.10 Å². The van der Waals surface area contributed by atoms with Gasteiger partial charge in [-0.25, -0.2) is 4.39 Å². The van der Waals surface area contributed by atoms with Crippen LogP contribution in [0.1, 0.15) is 38.2 Å². The van der Waals surface area contributed by atoms with Crippen LogP contribution >= 0.6 is 24.0 Å². The molecular formula is C23H31FIN3O2. The Morgan fingerprint density at radius 3 is 2.53 bits per heavy atom. The molecule has 0 amide bonds. The molecule has 1 saturated carbocycles. The standard InChI is InChI=1S/C23H30FN3O2.HI/c1-2-25-23(27-18-9-11-19(28)12-10-18)26-15-14-17-8-13-22(21(24)16-17)29-20-6-4-3-5-7-20;/h3-8,13,16,18-19,28H,2,9-12,14-15H2,1H3,(H2,25,26,27);1H. The molecule has 5 nitrogen and oxygen atoms in total. The summed E-state index contributed by atoms with van der Waals surface area (Å²) in [5.74, 6) is 1.23. The first kappa shape index (κ1) is 24.4. The molecular weight excluding hydrogens is 496 g/mol. The van der Waals surface area contributed by atoms with Crippen molar-refractivity contribution in [3.05, 3.63) is 59.9 Å². The molecule has 2 aromatic rings. The minimum Gasteiger partial charge on any atom is -0.454 e. The minimum atomic E-state index is -0.374. The summed E-state index contributed by atoms with van der Waals surface area (Å²) in [6.07, 6.45) is 4.01. The molecule has 30 heavy (non-hydrogen) atoms. The Balaban J connectivity index is 0.00000320. The van der Waals surface area contributed by atoms with Gasteiger partial charge in [-0.15, -0.1) is 24.0 Å². The molecule has 1 aliphatic rings. The fraction of sp³-hybridized carbons (Fsp3) is 0.435. The highest BCUT2D eigenvalue weighted by Gasteiger charge is 2.19. The van der Waals surface area contributed by atoms with Crippen molar-refractivity contribution in [1.82, 2.24) is 10.6 Å². The van der Waals surface area contributed by atoms with Gasteiger partial charge < -0.3 is 20.5 Å². The number of hydrogen-bond acceptors (Lipinski definition) is 3. The van der Waals surface area contributed by atoms with E-state index >= 15 is 0 Å². The summed E-state index contributed by atoms with van der Waals surface area (Å²) in [6, 6.07) is 14.6. The number of nitrogens with zero attached hydrogens (tertiary/aromatic N) is 1. The molecule has 0 aromatic heterocycles. The molecule has 0 spiro atoms.